The van der Waals surface area contributed by atoms with Crippen LogP contribution in [0.2, 0.25) is 0 Å². The van der Waals surface area contributed by atoms with Crippen molar-refractivity contribution in [1.29, 1.82) is 0 Å². The lowest BCUT2D eigenvalue weighted by Gasteiger charge is -2.14. The molecule has 6 heteroatoms. The first-order valence-corrected chi connectivity index (χ1v) is 7.77. The largest absolute Gasteiger partial charge is 0.481 e. The number of aliphatic carboxylic acids is 1. The minimum atomic E-state index is -0.864. The highest BCUT2D eigenvalue weighted by atomic mass is 32.1. The molecule has 3 unspecified atom stereocenters. The molecule has 20 heavy (non-hydrogen) atoms. The number of carboxylic acid groups (broad SMARTS) is 1. The van der Waals surface area contributed by atoms with Crippen molar-refractivity contribution in [3.63, 3.8) is 0 Å². The highest BCUT2D eigenvalue weighted by Crippen LogP contribution is 2.36. The van der Waals surface area contributed by atoms with Crippen LogP contribution in [0.1, 0.15) is 36.6 Å². The van der Waals surface area contributed by atoms with Crippen LogP contribution in [0.3, 0.4) is 0 Å². The quantitative estimate of drug-likeness (QED) is 0.871. The van der Waals surface area contributed by atoms with Crippen molar-refractivity contribution in [3.05, 3.63) is 16.1 Å². The Labute approximate surface area is 122 Å². The molecule has 1 aromatic rings. The zero-order valence-corrected chi connectivity index (χ0v) is 12.6. The fourth-order valence-electron chi connectivity index (χ4n) is 2.74. The van der Waals surface area contributed by atoms with E-state index in [1.807, 2.05) is 13.1 Å². The van der Waals surface area contributed by atoms with Gasteiger partial charge in [0, 0.05) is 11.1 Å². The molecule has 1 aromatic heterocycles. The maximum absolute atomic E-state index is 12.2. The highest BCUT2D eigenvalue weighted by molar-refractivity contribution is 7.11. The van der Waals surface area contributed by atoms with E-state index < -0.39 is 17.8 Å². The normalized spacial score (nSPS) is 25.6. The summed E-state index contributed by atoms with van der Waals surface area (Å²) in [5.41, 5.74) is 0. The predicted molar refractivity (Wildman–Crippen MR) is 76.4 cm³/mol. The molecule has 5 nitrogen and oxygen atoms in total. The van der Waals surface area contributed by atoms with Crippen LogP contribution in [0, 0.1) is 17.8 Å². The zero-order valence-electron chi connectivity index (χ0n) is 11.8. The van der Waals surface area contributed by atoms with Gasteiger partial charge >= 0.3 is 5.97 Å². The second kappa shape index (κ2) is 6.35. The summed E-state index contributed by atoms with van der Waals surface area (Å²) in [4.78, 5) is 28.8. The smallest absolute Gasteiger partial charge is 0.307 e. The number of amides is 1. The molecule has 2 rings (SSSR count). The Hall–Kier alpha value is -1.43. The van der Waals surface area contributed by atoms with E-state index in [-0.39, 0.29) is 5.91 Å². The van der Waals surface area contributed by atoms with E-state index in [0.29, 0.717) is 25.3 Å². The third kappa shape index (κ3) is 3.36. The monoisotopic (exact) mass is 296 g/mol. The second-order valence-corrected chi connectivity index (χ2v) is 6.62. The number of thiazole rings is 1. The van der Waals surface area contributed by atoms with Gasteiger partial charge in [0.1, 0.15) is 5.01 Å². The van der Waals surface area contributed by atoms with Crippen molar-refractivity contribution in [2.24, 2.45) is 17.8 Å². The van der Waals surface area contributed by atoms with E-state index >= 15 is 0 Å². The molecule has 0 aliphatic heterocycles. The van der Waals surface area contributed by atoms with Crippen LogP contribution >= 0.6 is 11.3 Å². The maximum atomic E-state index is 12.2. The van der Waals surface area contributed by atoms with E-state index in [9.17, 15) is 14.7 Å². The summed E-state index contributed by atoms with van der Waals surface area (Å²) < 4.78 is 0. The van der Waals surface area contributed by atoms with Crippen molar-refractivity contribution < 1.29 is 14.7 Å². The van der Waals surface area contributed by atoms with Crippen molar-refractivity contribution in [3.8, 4) is 0 Å². The number of hydrogen-bond acceptors (Lipinski definition) is 4. The molecule has 0 bridgehead atoms. The lowest BCUT2D eigenvalue weighted by atomic mass is 9.95. The molecule has 0 radical (unpaired) electrons. The summed E-state index contributed by atoms with van der Waals surface area (Å²) in [7, 11) is 0. The molecule has 1 aliphatic rings. The highest BCUT2D eigenvalue weighted by Gasteiger charge is 2.41. The minimum absolute atomic E-state index is 0.157. The van der Waals surface area contributed by atoms with Gasteiger partial charge in [-0.15, -0.1) is 11.3 Å². The van der Waals surface area contributed by atoms with Crippen LogP contribution < -0.4 is 5.32 Å². The minimum Gasteiger partial charge on any atom is -0.481 e. The van der Waals surface area contributed by atoms with Gasteiger partial charge in [-0.05, 0) is 25.2 Å². The Morgan fingerprint density at radius 2 is 2.15 bits per heavy atom. The van der Waals surface area contributed by atoms with Gasteiger partial charge in [-0.2, -0.15) is 0 Å². The average Bonchev–Trinajstić information content (AvgIpc) is 3.02. The number of hydrogen-bond donors (Lipinski definition) is 2. The molecule has 1 heterocycles. The SMILES string of the molecule is CCc1cnc(CNC(=O)C2CC(C)CC2C(=O)O)s1. The predicted octanol–water partition coefficient (Wildman–Crippen LogP) is 2.07. The number of nitrogens with one attached hydrogen (secondary N) is 1. The lowest BCUT2D eigenvalue weighted by molar-refractivity contribution is -0.146. The lowest BCUT2D eigenvalue weighted by Crippen LogP contribution is -2.34. The number of aryl methyl sites for hydroxylation is 1. The van der Waals surface area contributed by atoms with E-state index in [2.05, 4.69) is 17.2 Å². The first-order valence-electron chi connectivity index (χ1n) is 6.95. The molecule has 0 aromatic carbocycles. The summed E-state index contributed by atoms with van der Waals surface area (Å²) in [6, 6.07) is 0. The van der Waals surface area contributed by atoms with Crippen LogP contribution in [-0.2, 0) is 22.6 Å². The van der Waals surface area contributed by atoms with E-state index in [1.54, 1.807) is 11.3 Å². The number of carbonyl (C=O) groups excluding carboxylic acids is 1. The number of carbonyl (C=O) groups is 2. The first-order chi connectivity index (χ1) is 9.51. The Balaban J connectivity index is 1.92. The van der Waals surface area contributed by atoms with Crippen molar-refractivity contribution >= 4 is 23.2 Å². The summed E-state index contributed by atoms with van der Waals surface area (Å²) in [6.07, 6.45) is 4.00. The Bertz CT molecular complexity index is 500. The van der Waals surface area contributed by atoms with E-state index in [0.717, 1.165) is 11.4 Å². The molecule has 1 amide bonds. The molecule has 1 saturated carbocycles. The first kappa shape index (κ1) is 15.0. The van der Waals surface area contributed by atoms with Gasteiger partial charge in [0.2, 0.25) is 5.91 Å². The third-order valence-electron chi connectivity index (χ3n) is 3.82. The summed E-state index contributed by atoms with van der Waals surface area (Å²) in [5, 5.41) is 12.9. The van der Waals surface area contributed by atoms with E-state index in [1.165, 1.54) is 4.88 Å². The van der Waals surface area contributed by atoms with Gasteiger partial charge in [0.05, 0.1) is 18.4 Å². The molecule has 0 saturated heterocycles. The zero-order chi connectivity index (χ0) is 14.7. The van der Waals surface area contributed by atoms with Crippen molar-refractivity contribution in [1.82, 2.24) is 10.3 Å². The maximum Gasteiger partial charge on any atom is 0.307 e. The Morgan fingerprint density at radius 3 is 2.75 bits per heavy atom. The van der Waals surface area contributed by atoms with Crippen LogP contribution in [0.15, 0.2) is 6.20 Å². The van der Waals surface area contributed by atoms with Crippen LogP contribution in [-0.4, -0.2) is 22.0 Å². The van der Waals surface area contributed by atoms with Gasteiger partial charge < -0.3 is 10.4 Å². The molecule has 2 N–H and O–H groups in total. The van der Waals surface area contributed by atoms with Crippen molar-refractivity contribution in [2.75, 3.05) is 0 Å². The van der Waals surface area contributed by atoms with Crippen LogP contribution in [0.5, 0.6) is 0 Å². The fraction of sp³-hybridized carbons (Fsp3) is 0.643. The van der Waals surface area contributed by atoms with Gasteiger partial charge in [0.25, 0.3) is 0 Å². The molecule has 1 aliphatic carbocycles. The topological polar surface area (TPSA) is 79.3 Å². The van der Waals surface area contributed by atoms with Crippen molar-refractivity contribution in [2.45, 2.75) is 39.7 Å². The number of nitrogens with zero attached hydrogens (tertiary/aromatic N) is 1. The summed E-state index contributed by atoms with van der Waals surface area (Å²) in [5.74, 6) is -1.69. The number of rotatable bonds is 5. The third-order valence-corrected chi connectivity index (χ3v) is 4.96. The van der Waals surface area contributed by atoms with Gasteiger partial charge in [-0.3, -0.25) is 9.59 Å². The fourth-order valence-corrected chi connectivity index (χ4v) is 3.54. The average molecular weight is 296 g/mol. The van der Waals surface area contributed by atoms with Crippen LogP contribution in [0.25, 0.3) is 0 Å². The summed E-state index contributed by atoms with van der Waals surface area (Å²) in [6.45, 7) is 4.45. The number of aromatic nitrogens is 1. The second-order valence-electron chi connectivity index (χ2n) is 5.42. The molecule has 0 spiro atoms. The Kier molecular flexibility index (Phi) is 4.75. The van der Waals surface area contributed by atoms with Gasteiger partial charge in [-0.25, -0.2) is 4.98 Å². The molecular weight excluding hydrogens is 276 g/mol. The summed E-state index contributed by atoms with van der Waals surface area (Å²) >= 11 is 1.58. The van der Waals surface area contributed by atoms with Gasteiger partial charge in [-0.1, -0.05) is 13.8 Å². The Morgan fingerprint density at radius 1 is 1.45 bits per heavy atom. The van der Waals surface area contributed by atoms with E-state index in [4.69, 9.17) is 0 Å². The molecule has 110 valence electrons. The molecular formula is C14H20N2O3S. The molecule has 1 fully saturated rings. The van der Waals surface area contributed by atoms with Gasteiger partial charge in [0.15, 0.2) is 0 Å². The van der Waals surface area contributed by atoms with Crippen LogP contribution in [0.4, 0.5) is 0 Å². The molecule has 3 atom stereocenters. The number of carboxylic acids is 1. The standard InChI is InChI=1S/C14H20N2O3S/c1-3-9-6-15-12(20-9)7-16-13(17)10-4-8(2)5-11(10)14(18)19/h6,8,10-11H,3-5,7H2,1-2H3,(H,16,17)(H,18,19).